The molecule has 1 heterocycles. The number of aromatic hydroxyl groups is 1. The number of furan rings is 1. The molecule has 0 atom stereocenters. The van der Waals surface area contributed by atoms with Crippen LogP contribution in [0.4, 0.5) is 0 Å². The summed E-state index contributed by atoms with van der Waals surface area (Å²) < 4.78 is 6.19. The quantitative estimate of drug-likeness (QED) is 0.347. The van der Waals surface area contributed by atoms with Gasteiger partial charge in [0.2, 0.25) is 0 Å². The van der Waals surface area contributed by atoms with Gasteiger partial charge in [-0.2, -0.15) is 0 Å². The molecule has 3 heteroatoms. The molecule has 0 spiro atoms. The lowest BCUT2D eigenvalue weighted by Gasteiger charge is -2.09. The molecule has 0 bridgehead atoms. The Bertz CT molecular complexity index is 1350. The fraction of sp³-hybridized carbons (Fsp3) is 0. The van der Waals surface area contributed by atoms with Crippen molar-refractivity contribution in [2.75, 3.05) is 0 Å². The Hall–Kier alpha value is -4.11. The van der Waals surface area contributed by atoms with Crippen molar-refractivity contribution < 1.29 is 14.3 Å². The first-order chi connectivity index (χ1) is 14.7. The summed E-state index contributed by atoms with van der Waals surface area (Å²) in [6.45, 7) is 0. The van der Waals surface area contributed by atoms with Crippen molar-refractivity contribution in [3.8, 4) is 28.2 Å². The van der Waals surface area contributed by atoms with Crippen molar-refractivity contribution in [3.05, 3.63) is 114 Å². The molecule has 0 fully saturated rings. The predicted octanol–water partition coefficient (Wildman–Crippen LogP) is 6.70. The van der Waals surface area contributed by atoms with Crippen molar-refractivity contribution in [2.24, 2.45) is 0 Å². The number of hydrogen-bond acceptors (Lipinski definition) is 3. The number of carbonyl (C=O) groups is 1. The Labute approximate surface area is 173 Å². The summed E-state index contributed by atoms with van der Waals surface area (Å²) in [4.78, 5) is 13.3. The zero-order valence-corrected chi connectivity index (χ0v) is 16.1. The molecule has 1 N–H and O–H groups in total. The van der Waals surface area contributed by atoms with Crippen molar-refractivity contribution >= 4 is 16.8 Å². The number of para-hydroxylation sites is 1. The lowest BCUT2D eigenvalue weighted by Crippen LogP contribution is -2.03. The van der Waals surface area contributed by atoms with Gasteiger partial charge in [0.1, 0.15) is 5.76 Å². The van der Waals surface area contributed by atoms with Crippen molar-refractivity contribution in [3.63, 3.8) is 0 Å². The molecule has 30 heavy (non-hydrogen) atoms. The third kappa shape index (κ3) is 2.97. The maximum Gasteiger partial charge on any atom is 0.193 e. The van der Waals surface area contributed by atoms with Crippen LogP contribution in [0.2, 0.25) is 0 Å². The van der Waals surface area contributed by atoms with Crippen molar-refractivity contribution in [1.82, 2.24) is 0 Å². The SMILES string of the molecule is O=C(c1ccccc1)c1ccccc1-c1oc2c(O)cccc2c1-c1ccccc1. The highest BCUT2D eigenvalue weighted by atomic mass is 16.4. The average molecular weight is 390 g/mol. The minimum Gasteiger partial charge on any atom is -0.504 e. The molecule has 5 aromatic rings. The first kappa shape index (κ1) is 18.0. The van der Waals surface area contributed by atoms with Gasteiger partial charge in [-0.15, -0.1) is 0 Å². The molecule has 0 unspecified atom stereocenters. The number of phenols is 1. The number of rotatable bonds is 4. The minimum atomic E-state index is -0.0742. The topological polar surface area (TPSA) is 50.4 Å². The molecule has 0 saturated heterocycles. The van der Waals surface area contributed by atoms with Crippen LogP contribution in [0.25, 0.3) is 33.4 Å². The van der Waals surface area contributed by atoms with E-state index in [1.165, 1.54) is 0 Å². The second-order valence-corrected chi connectivity index (χ2v) is 7.07. The number of fused-ring (bicyclic) bond motifs is 1. The van der Waals surface area contributed by atoms with Crippen LogP contribution in [0.1, 0.15) is 15.9 Å². The second kappa shape index (κ2) is 7.37. The lowest BCUT2D eigenvalue weighted by molar-refractivity contribution is 0.103. The zero-order valence-electron chi connectivity index (χ0n) is 16.1. The highest BCUT2D eigenvalue weighted by Crippen LogP contribution is 2.44. The maximum atomic E-state index is 13.3. The van der Waals surface area contributed by atoms with Gasteiger partial charge in [0.05, 0.1) is 0 Å². The predicted molar refractivity (Wildman–Crippen MR) is 119 cm³/mol. The molecule has 3 nitrogen and oxygen atoms in total. The highest BCUT2D eigenvalue weighted by molar-refractivity contribution is 6.14. The van der Waals surface area contributed by atoms with E-state index in [0.717, 1.165) is 16.5 Å². The van der Waals surface area contributed by atoms with Gasteiger partial charge in [0, 0.05) is 27.6 Å². The zero-order chi connectivity index (χ0) is 20.5. The first-order valence-electron chi connectivity index (χ1n) is 9.73. The molecule has 0 aliphatic heterocycles. The number of hydrogen-bond donors (Lipinski definition) is 1. The molecule has 4 aromatic carbocycles. The Morgan fingerprint density at radius 2 is 1.37 bits per heavy atom. The van der Waals surface area contributed by atoms with Gasteiger partial charge in [-0.05, 0) is 11.6 Å². The molecular formula is C27H18O3. The fourth-order valence-electron chi connectivity index (χ4n) is 3.81. The van der Waals surface area contributed by atoms with Gasteiger partial charge in [0.25, 0.3) is 0 Å². The van der Waals surface area contributed by atoms with Crippen LogP contribution in [-0.4, -0.2) is 10.9 Å². The molecule has 0 aliphatic rings. The third-order valence-electron chi connectivity index (χ3n) is 5.21. The van der Waals surface area contributed by atoms with E-state index in [4.69, 9.17) is 4.42 Å². The number of phenolic OH excluding ortho intramolecular Hbond substituents is 1. The average Bonchev–Trinajstić information content (AvgIpc) is 3.20. The summed E-state index contributed by atoms with van der Waals surface area (Å²) in [7, 11) is 0. The summed E-state index contributed by atoms with van der Waals surface area (Å²) in [5.41, 5.74) is 4.09. The van der Waals surface area contributed by atoms with E-state index in [0.29, 0.717) is 28.0 Å². The van der Waals surface area contributed by atoms with E-state index >= 15 is 0 Å². The van der Waals surface area contributed by atoms with Gasteiger partial charge >= 0.3 is 0 Å². The molecule has 5 rings (SSSR count). The molecule has 0 radical (unpaired) electrons. The summed E-state index contributed by atoms with van der Waals surface area (Å²) >= 11 is 0. The lowest BCUT2D eigenvalue weighted by atomic mass is 9.93. The van der Waals surface area contributed by atoms with Crippen LogP contribution < -0.4 is 0 Å². The Morgan fingerprint density at radius 3 is 2.13 bits per heavy atom. The molecular weight excluding hydrogens is 372 g/mol. The summed E-state index contributed by atoms with van der Waals surface area (Å²) in [5, 5.41) is 11.2. The molecule has 0 amide bonds. The van der Waals surface area contributed by atoms with E-state index in [-0.39, 0.29) is 11.5 Å². The van der Waals surface area contributed by atoms with Crippen LogP contribution in [0.5, 0.6) is 5.75 Å². The largest absolute Gasteiger partial charge is 0.504 e. The molecule has 1 aromatic heterocycles. The van der Waals surface area contributed by atoms with Gasteiger partial charge in [-0.1, -0.05) is 97.1 Å². The number of carbonyl (C=O) groups excluding carboxylic acids is 1. The third-order valence-corrected chi connectivity index (χ3v) is 5.21. The summed E-state index contributed by atoms with van der Waals surface area (Å²) in [6, 6.07) is 31.8. The van der Waals surface area contributed by atoms with E-state index < -0.39 is 0 Å². The minimum absolute atomic E-state index is 0.0720. The monoisotopic (exact) mass is 390 g/mol. The normalized spacial score (nSPS) is 10.9. The smallest absolute Gasteiger partial charge is 0.193 e. The van der Waals surface area contributed by atoms with Crippen LogP contribution in [0, 0.1) is 0 Å². The van der Waals surface area contributed by atoms with Gasteiger partial charge in [-0.3, -0.25) is 4.79 Å². The van der Waals surface area contributed by atoms with E-state index in [2.05, 4.69) is 0 Å². The Kier molecular flexibility index (Phi) is 4.41. The van der Waals surface area contributed by atoms with Gasteiger partial charge in [0.15, 0.2) is 17.1 Å². The highest BCUT2D eigenvalue weighted by Gasteiger charge is 2.23. The maximum absolute atomic E-state index is 13.3. The van der Waals surface area contributed by atoms with Crippen LogP contribution in [0.3, 0.4) is 0 Å². The Morgan fingerprint density at radius 1 is 0.700 bits per heavy atom. The van der Waals surface area contributed by atoms with Gasteiger partial charge in [-0.25, -0.2) is 0 Å². The first-order valence-corrected chi connectivity index (χ1v) is 9.73. The van der Waals surface area contributed by atoms with Crippen LogP contribution in [0.15, 0.2) is 108 Å². The number of benzene rings is 4. The molecule has 144 valence electrons. The number of ketones is 1. The molecule has 0 aliphatic carbocycles. The van der Waals surface area contributed by atoms with Crippen molar-refractivity contribution in [1.29, 1.82) is 0 Å². The summed E-state index contributed by atoms with van der Waals surface area (Å²) in [5.74, 6) is 0.565. The van der Waals surface area contributed by atoms with E-state index in [1.54, 1.807) is 12.1 Å². The van der Waals surface area contributed by atoms with E-state index in [1.807, 2.05) is 91.0 Å². The van der Waals surface area contributed by atoms with Crippen molar-refractivity contribution in [2.45, 2.75) is 0 Å². The fourth-order valence-corrected chi connectivity index (χ4v) is 3.81. The second-order valence-electron chi connectivity index (χ2n) is 7.07. The Balaban J connectivity index is 1.80. The molecule has 0 saturated carbocycles. The van der Waals surface area contributed by atoms with Crippen LogP contribution in [-0.2, 0) is 0 Å². The van der Waals surface area contributed by atoms with Gasteiger partial charge < -0.3 is 9.52 Å². The van der Waals surface area contributed by atoms with E-state index in [9.17, 15) is 9.90 Å². The van der Waals surface area contributed by atoms with Crippen LogP contribution >= 0.6 is 0 Å². The summed E-state index contributed by atoms with van der Waals surface area (Å²) in [6.07, 6.45) is 0. The standard InChI is InChI=1S/C27H18O3/c28-23-17-9-16-22-24(18-10-3-1-4-11-18)27(30-26(22)23)21-15-8-7-14-20(21)25(29)19-12-5-2-6-13-19/h1-17,28H.